The molecule has 0 atom stereocenters. The zero-order valence-corrected chi connectivity index (χ0v) is 14.8. The number of aromatic nitrogens is 2. The first-order chi connectivity index (χ1) is 10.9. The van der Waals surface area contributed by atoms with Crippen LogP contribution >= 0.6 is 24.8 Å². The lowest BCUT2D eigenvalue weighted by Crippen LogP contribution is -2.24. The van der Waals surface area contributed by atoms with Crippen LogP contribution in [-0.4, -0.2) is 28.5 Å². The predicted octanol–water partition coefficient (Wildman–Crippen LogP) is 3.47. The van der Waals surface area contributed by atoms with E-state index in [-0.39, 0.29) is 24.8 Å². The van der Waals surface area contributed by atoms with Gasteiger partial charge in [0.15, 0.2) is 0 Å². The van der Waals surface area contributed by atoms with Crippen LogP contribution in [-0.2, 0) is 13.0 Å². The maximum absolute atomic E-state index is 4.83. The summed E-state index contributed by atoms with van der Waals surface area (Å²) >= 11 is 0. The molecule has 4 nitrogen and oxygen atoms in total. The molecule has 1 aromatic heterocycles. The molecule has 6 heteroatoms. The van der Waals surface area contributed by atoms with E-state index in [4.69, 9.17) is 4.98 Å². The van der Waals surface area contributed by atoms with Gasteiger partial charge >= 0.3 is 0 Å². The molecule has 0 amide bonds. The largest absolute Gasteiger partial charge is 0.370 e. The molecule has 0 radical (unpaired) electrons. The molecular formula is C18H20Cl2N4. The Morgan fingerprint density at radius 2 is 1.71 bits per heavy atom. The summed E-state index contributed by atoms with van der Waals surface area (Å²) in [6, 6.07) is 18.8. The highest BCUT2D eigenvalue weighted by atomic mass is 35.5. The second-order valence-corrected chi connectivity index (χ2v) is 5.52. The minimum atomic E-state index is 0. The van der Waals surface area contributed by atoms with Crippen LogP contribution in [0.3, 0.4) is 0 Å². The van der Waals surface area contributed by atoms with Gasteiger partial charge in [-0.25, -0.2) is 4.98 Å². The number of amidine groups is 1. The Labute approximate surface area is 153 Å². The second kappa shape index (κ2) is 8.18. The second-order valence-electron chi connectivity index (χ2n) is 5.52. The Hall–Kier alpha value is -2.04. The van der Waals surface area contributed by atoms with Crippen molar-refractivity contribution in [2.75, 3.05) is 13.1 Å². The van der Waals surface area contributed by atoms with Crippen LogP contribution in [0.15, 0.2) is 59.6 Å². The van der Waals surface area contributed by atoms with Crippen LogP contribution in [0.2, 0.25) is 0 Å². The Kier molecular flexibility index (Phi) is 6.23. The molecular weight excluding hydrogens is 343 g/mol. The SMILES string of the molecule is Cl.Cl.c1ccc(Cc2nc3ccccc3n2CC2=NCCN2)cc1. The van der Waals surface area contributed by atoms with Gasteiger partial charge in [0, 0.05) is 13.0 Å². The first kappa shape index (κ1) is 18.3. The van der Waals surface area contributed by atoms with E-state index in [2.05, 4.69) is 57.3 Å². The number of para-hydroxylation sites is 2. The highest BCUT2D eigenvalue weighted by Gasteiger charge is 2.14. The topological polar surface area (TPSA) is 42.2 Å². The van der Waals surface area contributed by atoms with E-state index in [1.54, 1.807) is 0 Å². The average molecular weight is 363 g/mol. The minimum absolute atomic E-state index is 0. The minimum Gasteiger partial charge on any atom is -0.370 e. The lowest BCUT2D eigenvalue weighted by molar-refractivity contribution is 0.787. The molecule has 3 aromatic rings. The summed E-state index contributed by atoms with van der Waals surface area (Å²) in [5.41, 5.74) is 3.50. The smallest absolute Gasteiger partial charge is 0.117 e. The van der Waals surface area contributed by atoms with Crippen molar-refractivity contribution in [1.82, 2.24) is 14.9 Å². The molecule has 1 N–H and O–H groups in total. The summed E-state index contributed by atoms with van der Waals surface area (Å²) in [5, 5.41) is 3.35. The van der Waals surface area contributed by atoms with Crippen molar-refractivity contribution in [2.45, 2.75) is 13.0 Å². The third-order valence-corrected chi connectivity index (χ3v) is 3.99. The van der Waals surface area contributed by atoms with E-state index in [0.29, 0.717) is 0 Å². The zero-order chi connectivity index (χ0) is 14.8. The van der Waals surface area contributed by atoms with Crippen LogP contribution in [0.25, 0.3) is 11.0 Å². The molecule has 2 aromatic carbocycles. The van der Waals surface area contributed by atoms with Crippen LogP contribution in [0.1, 0.15) is 11.4 Å². The van der Waals surface area contributed by atoms with E-state index in [0.717, 1.165) is 43.2 Å². The number of aliphatic imine (C=N–C) groups is 1. The fraction of sp³-hybridized carbons (Fsp3) is 0.222. The molecule has 0 saturated heterocycles. The van der Waals surface area contributed by atoms with Crippen LogP contribution in [0.4, 0.5) is 0 Å². The number of hydrogen-bond donors (Lipinski definition) is 1. The highest BCUT2D eigenvalue weighted by Crippen LogP contribution is 2.18. The molecule has 0 unspecified atom stereocenters. The van der Waals surface area contributed by atoms with Gasteiger partial charge in [-0.3, -0.25) is 4.99 Å². The Morgan fingerprint density at radius 3 is 2.46 bits per heavy atom. The van der Waals surface area contributed by atoms with Crippen molar-refractivity contribution in [2.24, 2.45) is 4.99 Å². The third kappa shape index (κ3) is 3.71. The van der Waals surface area contributed by atoms with Gasteiger partial charge < -0.3 is 9.88 Å². The van der Waals surface area contributed by atoms with Crippen LogP contribution in [0, 0.1) is 0 Å². The van der Waals surface area contributed by atoms with E-state index in [1.807, 2.05) is 12.1 Å². The Morgan fingerprint density at radius 1 is 0.958 bits per heavy atom. The van der Waals surface area contributed by atoms with Crippen molar-refractivity contribution in [1.29, 1.82) is 0 Å². The van der Waals surface area contributed by atoms with E-state index < -0.39 is 0 Å². The van der Waals surface area contributed by atoms with Gasteiger partial charge in [-0.05, 0) is 17.7 Å². The lowest BCUT2D eigenvalue weighted by atomic mass is 10.1. The normalized spacial score (nSPS) is 12.9. The van der Waals surface area contributed by atoms with E-state index in [1.165, 1.54) is 11.1 Å². The number of rotatable bonds is 4. The summed E-state index contributed by atoms with van der Waals surface area (Å²) in [6.45, 7) is 2.58. The monoisotopic (exact) mass is 362 g/mol. The van der Waals surface area contributed by atoms with Gasteiger partial charge in [-0.1, -0.05) is 42.5 Å². The van der Waals surface area contributed by atoms with Crippen molar-refractivity contribution in [3.05, 3.63) is 66.0 Å². The average Bonchev–Trinajstić information content (AvgIpc) is 3.18. The summed E-state index contributed by atoms with van der Waals surface area (Å²) < 4.78 is 2.28. The Balaban J connectivity index is 0.00000104. The summed E-state index contributed by atoms with van der Waals surface area (Å²) in [5.74, 6) is 2.14. The number of fused-ring (bicyclic) bond motifs is 1. The summed E-state index contributed by atoms with van der Waals surface area (Å²) in [6.07, 6.45) is 0.836. The number of halogens is 2. The van der Waals surface area contributed by atoms with Crippen LogP contribution < -0.4 is 5.32 Å². The third-order valence-electron chi connectivity index (χ3n) is 3.99. The standard InChI is InChI=1S/C18H18N4.2ClH/c1-2-6-14(7-3-1)12-18-21-15-8-4-5-9-16(15)22(18)13-17-19-10-11-20-17;;/h1-9H,10-13H2,(H,19,20);2*1H. The first-order valence-corrected chi connectivity index (χ1v) is 7.65. The molecule has 0 aliphatic carbocycles. The van der Waals surface area contributed by atoms with Crippen molar-refractivity contribution in [3.8, 4) is 0 Å². The van der Waals surface area contributed by atoms with Gasteiger partial charge in [-0.15, -0.1) is 24.8 Å². The number of imidazole rings is 1. The molecule has 24 heavy (non-hydrogen) atoms. The fourth-order valence-corrected chi connectivity index (χ4v) is 2.92. The number of benzene rings is 2. The molecule has 0 spiro atoms. The summed E-state index contributed by atoms with van der Waals surface area (Å²) in [7, 11) is 0. The van der Waals surface area contributed by atoms with Crippen molar-refractivity contribution in [3.63, 3.8) is 0 Å². The van der Waals surface area contributed by atoms with Crippen molar-refractivity contribution < 1.29 is 0 Å². The molecule has 1 aliphatic rings. The quantitative estimate of drug-likeness (QED) is 0.771. The molecule has 0 bridgehead atoms. The van der Waals surface area contributed by atoms with Gasteiger partial charge in [-0.2, -0.15) is 0 Å². The molecule has 0 fully saturated rings. The Bertz CT molecular complexity index is 827. The zero-order valence-electron chi connectivity index (χ0n) is 13.2. The number of nitrogens with one attached hydrogen (secondary N) is 1. The summed E-state index contributed by atoms with van der Waals surface area (Å²) in [4.78, 5) is 9.35. The van der Waals surface area contributed by atoms with E-state index >= 15 is 0 Å². The van der Waals surface area contributed by atoms with Gasteiger partial charge in [0.25, 0.3) is 0 Å². The van der Waals surface area contributed by atoms with Gasteiger partial charge in [0.2, 0.25) is 0 Å². The molecule has 2 heterocycles. The lowest BCUT2D eigenvalue weighted by Gasteiger charge is -2.10. The number of nitrogens with zero attached hydrogens (tertiary/aromatic N) is 3. The van der Waals surface area contributed by atoms with Gasteiger partial charge in [0.1, 0.15) is 11.7 Å². The van der Waals surface area contributed by atoms with E-state index in [9.17, 15) is 0 Å². The molecule has 0 saturated carbocycles. The van der Waals surface area contributed by atoms with Gasteiger partial charge in [0.05, 0.1) is 24.1 Å². The maximum atomic E-state index is 4.83. The highest BCUT2D eigenvalue weighted by molar-refractivity contribution is 5.86. The molecule has 4 rings (SSSR count). The molecule has 1 aliphatic heterocycles. The fourth-order valence-electron chi connectivity index (χ4n) is 2.92. The first-order valence-electron chi connectivity index (χ1n) is 7.65. The van der Waals surface area contributed by atoms with Crippen molar-refractivity contribution >= 4 is 41.7 Å². The molecule has 126 valence electrons. The predicted molar refractivity (Wildman–Crippen MR) is 104 cm³/mol. The maximum Gasteiger partial charge on any atom is 0.117 e. The number of hydrogen-bond acceptors (Lipinski definition) is 3. The van der Waals surface area contributed by atoms with Crippen LogP contribution in [0.5, 0.6) is 0 Å².